The zero-order chi connectivity index (χ0) is 12.4. The molecule has 3 nitrogen and oxygen atoms in total. The van der Waals surface area contributed by atoms with E-state index < -0.39 is 0 Å². The van der Waals surface area contributed by atoms with Gasteiger partial charge in [-0.3, -0.25) is 0 Å². The number of nitrogens with one attached hydrogen (secondary N) is 1. The Morgan fingerprint density at radius 3 is 2.82 bits per heavy atom. The standard InChI is InChI=1S/C14H21N3/c1-4-5-6-11(15)14-16-12-8-9(2)7-10(3)13(12)17-14/h7-8,11H,4-6,15H2,1-3H3,(H,16,17). The summed E-state index contributed by atoms with van der Waals surface area (Å²) in [6, 6.07) is 4.32. The molecule has 1 unspecified atom stereocenters. The SMILES string of the molecule is CCCCC(N)c1nc2c(C)cc(C)cc2[nH]1. The number of hydrogen-bond donors (Lipinski definition) is 2. The quantitative estimate of drug-likeness (QED) is 0.847. The molecule has 3 heteroatoms. The van der Waals surface area contributed by atoms with E-state index >= 15 is 0 Å². The predicted molar refractivity (Wildman–Crippen MR) is 72.0 cm³/mol. The number of aryl methyl sites for hydroxylation is 2. The maximum atomic E-state index is 6.14. The van der Waals surface area contributed by atoms with E-state index in [1.165, 1.54) is 17.5 Å². The molecule has 3 N–H and O–H groups in total. The zero-order valence-electron chi connectivity index (χ0n) is 10.9. The number of benzene rings is 1. The Kier molecular flexibility index (Phi) is 3.48. The summed E-state index contributed by atoms with van der Waals surface area (Å²) in [6.07, 6.45) is 3.32. The van der Waals surface area contributed by atoms with Crippen LogP contribution in [0.1, 0.15) is 49.2 Å². The normalized spacial score (nSPS) is 13.2. The fourth-order valence-electron chi connectivity index (χ4n) is 2.23. The number of rotatable bonds is 4. The van der Waals surface area contributed by atoms with Crippen LogP contribution in [0.5, 0.6) is 0 Å². The molecule has 0 saturated carbocycles. The van der Waals surface area contributed by atoms with Crippen LogP contribution in [0.3, 0.4) is 0 Å². The Labute approximate surface area is 102 Å². The molecule has 0 aliphatic heterocycles. The van der Waals surface area contributed by atoms with Gasteiger partial charge in [0.25, 0.3) is 0 Å². The van der Waals surface area contributed by atoms with E-state index in [0.29, 0.717) is 0 Å². The van der Waals surface area contributed by atoms with Crippen molar-refractivity contribution in [3.63, 3.8) is 0 Å². The minimum atomic E-state index is 0.0297. The van der Waals surface area contributed by atoms with Crippen molar-refractivity contribution in [1.29, 1.82) is 0 Å². The molecule has 1 atom stereocenters. The number of H-pyrrole nitrogens is 1. The Morgan fingerprint density at radius 1 is 1.35 bits per heavy atom. The molecule has 0 radical (unpaired) electrons. The number of imidazole rings is 1. The second kappa shape index (κ2) is 4.88. The number of nitrogens with zero attached hydrogens (tertiary/aromatic N) is 1. The van der Waals surface area contributed by atoms with Crippen molar-refractivity contribution in [2.24, 2.45) is 5.73 Å². The number of unbranched alkanes of at least 4 members (excludes halogenated alkanes) is 1. The summed E-state index contributed by atoms with van der Waals surface area (Å²) >= 11 is 0. The van der Waals surface area contributed by atoms with Crippen LogP contribution in [0, 0.1) is 13.8 Å². The smallest absolute Gasteiger partial charge is 0.124 e. The first-order valence-corrected chi connectivity index (χ1v) is 6.34. The lowest BCUT2D eigenvalue weighted by molar-refractivity contribution is 0.581. The zero-order valence-corrected chi connectivity index (χ0v) is 10.9. The van der Waals surface area contributed by atoms with Gasteiger partial charge in [0.2, 0.25) is 0 Å². The third kappa shape index (κ3) is 2.50. The fraction of sp³-hybridized carbons (Fsp3) is 0.500. The average Bonchev–Trinajstić information content (AvgIpc) is 2.69. The lowest BCUT2D eigenvalue weighted by Gasteiger charge is -2.06. The van der Waals surface area contributed by atoms with E-state index in [1.54, 1.807) is 0 Å². The molecule has 1 aromatic carbocycles. The van der Waals surface area contributed by atoms with E-state index in [0.717, 1.165) is 29.7 Å². The van der Waals surface area contributed by atoms with Gasteiger partial charge in [0.1, 0.15) is 5.82 Å². The maximum Gasteiger partial charge on any atom is 0.124 e. The number of hydrogen-bond acceptors (Lipinski definition) is 2. The van der Waals surface area contributed by atoms with Gasteiger partial charge in [0.15, 0.2) is 0 Å². The Bertz CT molecular complexity index is 513. The first-order chi connectivity index (χ1) is 8.11. The number of aromatic nitrogens is 2. The molecule has 2 rings (SSSR count). The van der Waals surface area contributed by atoms with Crippen LogP contribution in [0.15, 0.2) is 12.1 Å². The summed E-state index contributed by atoms with van der Waals surface area (Å²) < 4.78 is 0. The van der Waals surface area contributed by atoms with E-state index in [9.17, 15) is 0 Å². The molecule has 0 aliphatic rings. The summed E-state index contributed by atoms with van der Waals surface area (Å²) in [7, 11) is 0. The molecule has 0 bridgehead atoms. The summed E-state index contributed by atoms with van der Waals surface area (Å²) in [4.78, 5) is 7.98. The summed E-state index contributed by atoms with van der Waals surface area (Å²) in [5.74, 6) is 0.919. The summed E-state index contributed by atoms with van der Waals surface area (Å²) in [5, 5.41) is 0. The van der Waals surface area contributed by atoms with Gasteiger partial charge in [-0.1, -0.05) is 25.8 Å². The van der Waals surface area contributed by atoms with Gasteiger partial charge in [-0.05, 0) is 37.5 Å². The Morgan fingerprint density at radius 2 is 2.12 bits per heavy atom. The molecular weight excluding hydrogens is 210 g/mol. The first kappa shape index (κ1) is 12.1. The lowest BCUT2D eigenvalue weighted by Crippen LogP contribution is -2.11. The summed E-state index contributed by atoms with van der Waals surface area (Å²) in [6.45, 7) is 6.38. The molecule has 0 spiro atoms. The third-order valence-corrected chi connectivity index (χ3v) is 3.16. The van der Waals surface area contributed by atoms with Crippen molar-refractivity contribution < 1.29 is 0 Å². The van der Waals surface area contributed by atoms with Crippen molar-refractivity contribution in [3.8, 4) is 0 Å². The molecule has 17 heavy (non-hydrogen) atoms. The maximum absolute atomic E-state index is 6.14. The van der Waals surface area contributed by atoms with Crippen molar-refractivity contribution in [2.75, 3.05) is 0 Å². The number of aromatic amines is 1. The van der Waals surface area contributed by atoms with Gasteiger partial charge < -0.3 is 10.7 Å². The predicted octanol–water partition coefficient (Wildman–Crippen LogP) is 3.37. The highest BCUT2D eigenvalue weighted by Crippen LogP contribution is 2.22. The van der Waals surface area contributed by atoms with E-state index in [4.69, 9.17) is 5.73 Å². The highest BCUT2D eigenvalue weighted by atomic mass is 15.0. The van der Waals surface area contributed by atoms with Gasteiger partial charge in [-0.25, -0.2) is 4.98 Å². The van der Waals surface area contributed by atoms with Crippen LogP contribution in [-0.2, 0) is 0 Å². The fourth-order valence-corrected chi connectivity index (χ4v) is 2.23. The molecule has 0 saturated heterocycles. The molecule has 2 aromatic rings. The molecule has 0 amide bonds. The minimum absolute atomic E-state index is 0.0297. The van der Waals surface area contributed by atoms with Gasteiger partial charge in [0.05, 0.1) is 17.1 Å². The molecular formula is C14H21N3. The van der Waals surface area contributed by atoms with Crippen LogP contribution < -0.4 is 5.73 Å². The largest absolute Gasteiger partial charge is 0.341 e. The third-order valence-electron chi connectivity index (χ3n) is 3.16. The second-order valence-corrected chi connectivity index (χ2v) is 4.85. The molecule has 0 fully saturated rings. The van der Waals surface area contributed by atoms with E-state index in [-0.39, 0.29) is 6.04 Å². The first-order valence-electron chi connectivity index (χ1n) is 6.34. The molecule has 1 aromatic heterocycles. The molecule has 92 valence electrons. The lowest BCUT2D eigenvalue weighted by atomic mass is 10.1. The van der Waals surface area contributed by atoms with Gasteiger partial charge >= 0.3 is 0 Å². The van der Waals surface area contributed by atoms with Crippen molar-refractivity contribution in [3.05, 3.63) is 29.1 Å². The molecule has 0 aliphatic carbocycles. The van der Waals surface area contributed by atoms with Crippen LogP contribution >= 0.6 is 0 Å². The van der Waals surface area contributed by atoms with Crippen LogP contribution in [0.4, 0.5) is 0 Å². The van der Waals surface area contributed by atoms with Crippen molar-refractivity contribution in [1.82, 2.24) is 9.97 Å². The van der Waals surface area contributed by atoms with Crippen LogP contribution in [-0.4, -0.2) is 9.97 Å². The number of fused-ring (bicyclic) bond motifs is 1. The van der Waals surface area contributed by atoms with Gasteiger partial charge in [-0.2, -0.15) is 0 Å². The second-order valence-electron chi connectivity index (χ2n) is 4.85. The highest BCUT2D eigenvalue weighted by Gasteiger charge is 2.12. The monoisotopic (exact) mass is 231 g/mol. The molecule has 1 heterocycles. The Balaban J connectivity index is 2.34. The minimum Gasteiger partial charge on any atom is -0.341 e. The number of nitrogens with two attached hydrogens (primary N) is 1. The van der Waals surface area contributed by atoms with E-state index in [1.807, 2.05) is 0 Å². The van der Waals surface area contributed by atoms with Crippen LogP contribution in [0.2, 0.25) is 0 Å². The van der Waals surface area contributed by atoms with Crippen LogP contribution in [0.25, 0.3) is 11.0 Å². The Hall–Kier alpha value is -1.35. The summed E-state index contributed by atoms with van der Waals surface area (Å²) in [5.41, 5.74) is 10.8. The van der Waals surface area contributed by atoms with Crippen molar-refractivity contribution in [2.45, 2.75) is 46.1 Å². The van der Waals surface area contributed by atoms with E-state index in [2.05, 4.69) is 42.9 Å². The average molecular weight is 231 g/mol. The van der Waals surface area contributed by atoms with Crippen molar-refractivity contribution >= 4 is 11.0 Å². The highest BCUT2D eigenvalue weighted by molar-refractivity contribution is 5.79. The topological polar surface area (TPSA) is 54.7 Å². The van der Waals surface area contributed by atoms with Gasteiger partial charge in [0, 0.05) is 0 Å². The van der Waals surface area contributed by atoms with Gasteiger partial charge in [-0.15, -0.1) is 0 Å².